The molecule has 3 N–H and O–H groups in total. The van der Waals surface area contributed by atoms with Crippen LogP contribution in [0.25, 0.3) is 0 Å². The number of nitrogens with zero attached hydrogens (tertiary/aromatic N) is 3. The van der Waals surface area contributed by atoms with Gasteiger partial charge in [-0.3, -0.25) is 24.1 Å². The lowest BCUT2D eigenvalue weighted by Gasteiger charge is -2.41. The highest BCUT2D eigenvalue weighted by Gasteiger charge is 2.43. The lowest BCUT2D eigenvalue weighted by Crippen LogP contribution is -2.59. The van der Waals surface area contributed by atoms with Crippen LogP contribution in [0.2, 0.25) is 0 Å². The number of methoxy groups -OCH3 is 2. The molecule has 13 heteroatoms. The van der Waals surface area contributed by atoms with Gasteiger partial charge in [0, 0.05) is 34.2 Å². The van der Waals surface area contributed by atoms with Gasteiger partial charge in [-0.1, -0.05) is 85.2 Å². The van der Waals surface area contributed by atoms with Crippen LogP contribution < -0.4 is 10.6 Å². The van der Waals surface area contributed by atoms with Crippen molar-refractivity contribution in [2.75, 3.05) is 41.9 Å². The molecule has 1 aromatic carbocycles. The molecule has 1 fully saturated rings. The number of aliphatic carboxylic acids is 1. The van der Waals surface area contributed by atoms with Crippen LogP contribution in [0.4, 0.5) is 0 Å². The van der Waals surface area contributed by atoms with E-state index in [1.165, 1.54) is 14.2 Å². The van der Waals surface area contributed by atoms with E-state index in [2.05, 4.69) is 10.6 Å². The predicted octanol–water partition coefficient (Wildman–Crippen LogP) is 3.45. The molecule has 13 nitrogen and oxygen atoms in total. The molecule has 300 valence electrons. The second-order valence-electron chi connectivity index (χ2n) is 15.6. The molecule has 1 saturated heterocycles. The topological polar surface area (TPSA) is 158 Å². The molecule has 1 aliphatic rings. The summed E-state index contributed by atoms with van der Waals surface area (Å²) in [7, 11) is 8.44. The number of carboxylic acids is 1. The zero-order chi connectivity index (χ0) is 40.2. The smallest absolute Gasteiger partial charge is 0.326 e. The van der Waals surface area contributed by atoms with E-state index in [1.54, 1.807) is 23.8 Å². The Hall–Kier alpha value is -3.55. The number of hydrogen-bond acceptors (Lipinski definition) is 8. The third-order valence-electron chi connectivity index (χ3n) is 10.8. The normalized spacial score (nSPS) is 19.2. The molecule has 2 rings (SSSR count). The van der Waals surface area contributed by atoms with Gasteiger partial charge in [-0.15, -0.1) is 0 Å². The minimum Gasteiger partial charge on any atom is -0.480 e. The Labute approximate surface area is 317 Å². The first-order chi connectivity index (χ1) is 24.9. The van der Waals surface area contributed by atoms with Gasteiger partial charge in [0.25, 0.3) is 0 Å². The van der Waals surface area contributed by atoms with Crippen LogP contribution in [-0.2, 0) is 39.9 Å². The molecule has 0 aliphatic carbocycles. The van der Waals surface area contributed by atoms with Gasteiger partial charge in [0.05, 0.1) is 42.7 Å². The van der Waals surface area contributed by atoms with Crippen LogP contribution in [-0.4, -0.2) is 134 Å². The Morgan fingerprint density at radius 1 is 0.906 bits per heavy atom. The molecule has 1 heterocycles. The monoisotopic (exact) mass is 745 g/mol. The van der Waals surface area contributed by atoms with Crippen LogP contribution in [0.3, 0.4) is 0 Å². The Bertz CT molecular complexity index is 1330. The summed E-state index contributed by atoms with van der Waals surface area (Å²) in [6, 6.07) is 5.89. The SMILES string of the molecule is CCC(C)[C@@H](C(CC(=O)N1CCC[C@H]1[C@H](OC)[C@@H](C)C(=O)N[C@@H](Cc1ccccc1)C(=O)O)OC)N(C)C(=O)[C@@H](NC(=O)[C@H](C(C)C)N(C)C)C(C)C. The molecule has 9 atom stereocenters. The van der Waals surface area contributed by atoms with Crippen LogP contribution in [0.5, 0.6) is 0 Å². The van der Waals surface area contributed by atoms with E-state index >= 15 is 0 Å². The van der Waals surface area contributed by atoms with Gasteiger partial charge >= 0.3 is 5.97 Å². The van der Waals surface area contributed by atoms with Crippen molar-refractivity contribution < 1.29 is 38.6 Å². The third-order valence-corrected chi connectivity index (χ3v) is 10.8. The molecule has 1 aliphatic heterocycles. The Kier molecular flexibility index (Phi) is 18.4. The fourth-order valence-corrected chi connectivity index (χ4v) is 7.76. The fourth-order valence-electron chi connectivity index (χ4n) is 7.76. The molecule has 0 bridgehead atoms. The number of hydrogen-bond donors (Lipinski definition) is 3. The second kappa shape index (κ2) is 21.4. The molecule has 2 unspecified atom stereocenters. The van der Waals surface area contributed by atoms with Gasteiger partial charge in [-0.25, -0.2) is 4.79 Å². The lowest BCUT2D eigenvalue weighted by atomic mass is 9.89. The number of carboxylic acid groups (broad SMARTS) is 1. The number of rotatable bonds is 21. The molecule has 0 radical (unpaired) electrons. The standard InChI is InChI=1S/C40H67N5O8/c1-13-26(6)35(44(10)39(49)33(24(2)3)42-38(48)34(25(4)5)43(8)9)31(52-11)23-32(46)45-21-17-20-30(45)36(53-12)27(7)37(47)41-29(40(50)51)22-28-18-15-14-16-19-28/h14-16,18-19,24-27,29-31,33-36H,13,17,20-23H2,1-12H3,(H,41,47)(H,42,48)(H,50,51)/t26?,27-,29+,30+,31?,33+,34+,35+,36-/m1/s1. The van der Waals surface area contributed by atoms with Gasteiger partial charge in [-0.05, 0) is 50.3 Å². The van der Waals surface area contributed by atoms with Gasteiger partial charge in [0.1, 0.15) is 12.1 Å². The zero-order valence-corrected chi connectivity index (χ0v) is 34.1. The van der Waals surface area contributed by atoms with Gasteiger partial charge in [0.15, 0.2) is 0 Å². The van der Waals surface area contributed by atoms with Crippen molar-refractivity contribution in [3.63, 3.8) is 0 Å². The van der Waals surface area contributed by atoms with Crippen LogP contribution in [0.1, 0.15) is 79.7 Å². The van der Waals surface area contributed by atoms with Crippen molar-refractivity contribution in [3.8, 4) is 0 Å². The average Bonchev–Trinajstić information content (AvgIpc) is 3.59. The Morgan fingerprint density at radius 2 is 1.53 bits per heavy atom. The average molecular weight is 746 g/mol. The second-order valence-corrected chi connectivity index (χ2v) is 15.6. The summed E-state index contributed by atoms with van der Waals surface area (Å²) in [5, 5.41) is 15.6. The molecule has 1 aromatic rings. The molecule has 0 spiro atoms. The summed E-state index contributed by atoms with van der Waals surface area (Å²) >= 11 is 0. The first-order valence-electron chi connectivity index (χ1n) is 19.1. The highest BCUT2D eigenvalue weighted by atomic mass is 16.5. The largest absolute Gasteiger partial charge is 0.480 e. The van der Waals surface area contributed by atoms with Crippen molar-refractivity contribution >= 4 is 29.6 Å². The van der Waals surface area contributed by atoms with Crippen molar-refractivity contribution in [2.24, 2.45) is 23.7 Å². The van der Waals surface area contributed by atoms with E-state index in [1.807, 2.05) is 90.9 Å². The maximum atomic E-state index is 14.2. The summed E-state index contributed by atoms with van der Waals surface area (Å²) in [5.74, 6) is -3.21. The predicted molar refractivity (Wildman–Crippen MR) is 205 cm³/mol. The summed E-state index contributed by atoms with van der Waals surface area (Å²) in [4.78, 5) is 72.5. The van der Waals surface area contributed by atoms with Crippen LogP contribution in [0, 0.1) is 23.7 Å². The number of carbonyl (C=O) groups excluding carboxylic acids is 4. The van der Waals surface area contributed by atoms with Gasteiger partial charge < -0.3 is 35.0 Å². The van der Waals surface area contributed by atoms with Crippen LogP contribution >= 0.6 is 0 Å². The van der Waals surface area contributed by atoms with Crippen molar-refractivity contribution in [2.45, 2.75) is 123 Å². The summed E-state index contributed by atoms with van der Waals surface area (Å²) in [5.41, 5.74) is 0.785. The first-order valence-corrected chi connectivity index (χ1v) is 19.1. The van der Waals surface area contributed by atoms with Crippen molar-refractivity contribution in [1.29, 1.82) is 0 Å². The lowest BCUT2D eigenvalue weighted by molar-refractivity contribution is -0.148. The number of likely N-dealkylation sites (tertiary alicyclic amines) is 1. The molecule has 0 aromatic heterocycles. The van der Waals surface area contributed by atoms with Crippen molar-refractivity contribution in [3.05, 3.63) is 35.9 Å². The van der Waals surface area contributed by atoms with Crippen LogP contribution in [0.15, 0.2) is 30.3 Å². The Morgan fingerprint density at radius 3 is 2.02 bits per heavy atom. The highest BCUT2D eigenvalue weighted by molar-refractivity contribution is 5.90. The van der Waals surface area contributed by atoms with E-state index in [4.69, 9.17) is 9.47 Å². The fraction of sp³-hybridized carbons (Fsp3) is 0.725. The highest BCUT2D eigenvalue weighted by Crippen LogP contribution is 2.30. The number of nitrogens with one attached hydrogen (secondary N) is 2. The van der Waals surface area contributed by atoms with E-state index < -0.39 is 60.2 Å². The number of benzene rings is 1. The molecule has 0 saturated carbocycles. The van der Waals surface area contributed by atoms with E-state index in [0.717, 1.165) is 12.0 Å². The summed E-state index contributed by atoms with van der Waals surface area (Å²) in [6.07, 6.45) is 0.820. The molecule has 53 heavy (non-hydrogen) atoms. The minimum absolute atomic E-state index is 0.0104. The summed E-state index contributed by atoms with van der Waals surface area (Å²) in [6.45, 7) is 13.9. The molecular formula is C40H67N5O8. The van der Waals surface area contributed by atoms with E-state index in [9.17, 15) is 29.1 Å². The molecular weight excluding hydrogens is 678 g/mol. The van der Waals surface area contributed by atoms with E-state index in [0.29, 0.717) is 19.4 Å². The number of amides is 4. The van der Waals surface area contributed by atoms with Crippen molar-refractivity contribution in [1.82, 2.24) is 25.3 Å². The quantitative estimate of drug-likeness (QED) is 0.172. The van der Waals surface area contributed by atoms with Gasteiger partial charge in [0.2, 0.25) is 23.6 Å². The van der Waals surface area contributed by atoms with Gasteiger partial charge in [-0.2, -0.15) is 0 Å². The number of carbonyl (C=O) groups is 5. The van der Waals surface area contributed by atoms with E-state index in [-0.39, 0.29) is 48.3 Å². The number of likely N-dealkylation sites (N-methyl/N-ethyl adjacent to an activating group) is 2. The Balaban J connectivity index is 2.27. The maximum absolute atomic E-state index is 14.2. The number of ether oxygens (including phenoxy) is 2. The summed E-state index contributed by atoms with van der Waals surface area (Å²) < 4.78 is 11.9. The third kappa shape index (κ3) is 12.2. The first kappa shape index (κ1) is 45.6. The molecule has 4 amide bonds. The maximum Gasteiger partial charge on any atom is 0.326 e. The zero-order valence-electron chi connectivity index (χ0n) is 34.1. The minimum atomic E-state index is -1.14.